The Bertz CT molecular complexity index is 2310. The van der Waals surface area contributed by atoms with E-state index in [2.05, 4.69) is 117 Å². The number of hydrogen-bond donors (Lipinski definition) is 1. The largest absolute Gasteiger partial charge is 0.506 e. The molecule has 48 heavy (non-hydrogen) atoms. The first-order chi connectivity index (χ1) is 22.8. The van der Waals surface area contributed by atoms with Crippen LogP contribution in [0.4, 0.5) is 17.2 Å². The number of phenolic OH excluding ortho intramolecular Hbond substituents is 1. The van der Waals surface area contributed by atoms with Crippen molar-refractivity contribution in [2.75, 3.05) is 4.90 Å². The summed E-state index contributed by atoms with van der Waals surface area (Å²) in [4.78, 5) is 12.0. The maximum absolute atomic E-state index is 10.7. The number of nitrogens with zero attached hydrogens (tertiary/aromatic N) is 3. The number of aryl methyl sites for hydroxylation is 2. The van der Waals surface area contributed by atoms with Gasteiger partial charge in [-0.05, 0) is 93.9 Å². The third-order valence-electron chi connectivity index (χ3n) is 9.52. The number of aromatic nitrogens is 2. The Morgan fingerprint density at radius 3 is 2.12 bits per heavy atom. The van der Waals surface area contributed by atoms with Gasteiger partial charge in [0, 0.05) is 38.3 Å². The van der Waals surface area contributed by atoms with Gasteiger partial charge in [-0.2, -0.15) is 0 Å². The smallest absolute Gasteiger partial charge is 0.140 e. The first-order valence-corrected chi connectivity index (χ1v) is 16.0. The van der Waals surface area contributed by atoms with Crippen LogP contribution in [0, 0.1) is 19.9 Å². The van der Waals surface area contributed by atoms with Crippen LogP contribution in [0.2, 0.25) is 0 Å². The molecular weight excluding hydrogens is 770 g/mol. The van der Waals surface area contributed by atoms with Crippen molar-refractivity contribution < 1.29 is 26.2 Å². The number of hydrogen-bond acceptors (Lipinski definition) is 4. The van der Waals surface area contributed by atoms with Crippen molar-refractivity contribution in [3.63, 3.8) is 0 Å². The molecule has 0 bridgehead atoms. The fourth-order valence-electron chi connectivity index (χ4n) is 6.86. The van der Waals surface area contributed by atoms with Gasteiger partial charge in [-0.1, -0.05) is 104 Å². The molecule has 0 aliphatic carbocycles. The van der Waals surface area contributed by atoms with Gasteiger partial charge in [-0.15, -0.1) is 23.8 Å². The van der Waals surface area contributed by atoms with Gasteiger partial charge in [0.2, 0.25) is 0 Å². The number of phenols is 1. The molecule has 0 amide bonds. The first-order valence-electron chi connectivity index (χ1n) is 16.0. The molecule has 7 aromatic rings. The van der Waals surface area contributed by atoms with Gasteiger partial charge in [-0.25, -0.2) is 4.98 Å². The standard InChI is InChI=1S/C43H34N3O.Pt/c1-27-22-23-44-41(24-27)46-38-25-32(31-13-11-30(12-14-31)29-8-6-5-7-9-29)15-18-35(38)43(3,4)36-19-16-33(26-39(36)46)37-20-17-34-28(2)10-21-40(47)42(34)45-37;/h5-25,47H,1-4H3;/q-1;. The molecule has 1 aliphatic heterocycles. The minimum absolute atomic E-state index is 0. The number of rotatable bonds is 4. The topological polar surface area (TPSA) is 49.2 Å². The number of aromatic hydroxyl groups is 1. The summed E-state index contributed by atoms with van der Waals surface area (Å²) in [6.07, 6.45) is 1.87. The summed E-state index contributed by atoms with van der Waals surface area (Å²) < 4.78 is 0. The van der Waals surface area contributed by atoms with Crippen LogP contribution in [0.1, 0.15) is 36.1 Å². The normalized spacial score (nSPS) is 13.0. The summed E-state index contributed by atoms with van der Waals surface area (Å²) in [5.41, 5.74) is 13.2. The Balaban J connectivity index is 0.00000364. The van der Waals surface area contributed by atoms with E-state index in [1.807, 2.05) is 43.5 Å². The Morgan fingerprint density at radius 1 is 0.688 bits per heavy atom. The molecule has 0 radical (unpaired) electrons. The molecule has 0 saturated heterocycles. The third-order valence-corrected chi connectivity index (χ3v) is 9.52. The SMILES string of the molecule is Cc1ccnc(N2c3[c-]c(-c4ccc5c(C)ccc(O)c5n4)ccc3C(C)(C)c3ccc(-c4ccc(-c5ccccc5)cc4)cc32)c1.[Pt]. The monoisotopic (exact) mass is 803 g/mol. The zero-order valence-electron chi connectivity index (χ0n) is 27.2. The van der Waals surface area contributed by atoms with Crippen LogP contribution >= 0.6 is 0 Å². The maximum atomic E-state index is 10.7. The molecule has 0 atom stereocenters. The quantitative estimate of drug-likeness (QED) is 0.180. The van der Waals surface area contributed by atoms with E-state index < -0.39 is 0 Å². The van der Waals surface area contributed by atoms with E-state index in [0.717, 1.165) is 61.7 Å². The predicted octanol–water partition coefficient (Wildman–Crippen LogP) is 10.9. The molecule has 0 saturated carbocycles. The maximum Gasteiger partial charge on any atom is 0.140 e. The molecule has 238 valence electrons. The van der Waals surface area contributed by atoms with Crippen LogP contribution < -0.4 is 4.90 Å². The molecule has 5 heteroatoms. The summed E-state index contributed by atoms with van der Waals surface area (Å²) in [7, 11) is 0. The summed E-state index contributed by atoms with van der Waals surface area (Å²) in [6, 6.07) is 46.0. The van der Waals surface area contributed by atoms with E-state index in [0.29, 0.717) is 5.52 Å². The number of benzene rings is 5. The van der Waals surface area contributed by atoms with Crippen molar-refractivity contribution in [2.24, 2.45) is 0 Å². The van der Waals surface area contributed by atoms with Gasteiger partial charge >= 0.3 is 0 Å². The average molecular weight is 804 g/mol. The van der Waals surface area contributed by atoms with E-state index in [9.17, 15) is 5.11 Å². The summed E-state index contributed by atoms with van der Waals surface area (Å²) in [5.74, 6) is 1.02. The van der Waals surface area contributed by atoms with Crippen molar-refractivity contribution >= 4 is 28.1 Å². The minimum Gasteiger partial charge on any atom is -0.506 e. The van der Waals surface area contributed by atoms with Crippen LogP contribution in [0.3, 0.4) is 0 Å². The van der Waals surface area contributed by atoms with Gasteiger partial charge in [-0.3, -0.25) is 4.98 Å². The van der Waals surface area contributed by atoms with Gasteiger partial charge < -0.3 is 10.0 Å². The van der Waals surface area contributed by atoms with E-state index >= 15 is 0 Å². The summed E-state index contributed by atoms with van der Waals surface area (Å²) in [6.45, 7) is 8.69. The van der Waals surface area contributed by atoms with E-state index in [1.54, 1.807) is 6.07 Å². The van der Waals surface area contributed by atoms with Crippen molar-refractivity contribution in [3.8, 4) is 39.3 Å². The fourth-order valence-corrected chi connectivity index (χ4v) is 6.86. The van der Waals surface area contributed by atoms with Crippen LogP contribution in [-0.2, 0) is 26.5 Å². The zero-order chi connectivity index (χ0) is 32.3. The van der Waals surface area contributed by atoms with Crippen LogP contribution in [-0.4, -0.2) is 15.1 Å². The number of anilines is 3. The molecular formula is C43H34N3OPt-. The van der Waals surface area contributed by atoms with Crippen LogP contribution in [0.15, 0.2) is 128 Å². The number of fused-ring (bicyclic) bond motifs is 3. The summed E-state index contributed by atoms with van der Waals surface area (Å²) >= 11 is 0. The van der Waals surface area contributed by atoms with Gasteiger partial charge in [0.05, 0.1) is 0 Å². The molecule has 4 nitrogen and oxygen atoms in total. The molecule has 0 fully saturated rings. The third kappa shape index (κ3) is 5.31. The molecule has 8 rings (SSSR count). The second-order valence-electron chi connectivity index (χ2n) is 13.0. The molecule has 1 N–H and O–H groups in total. The van der Waals surface area contributed by atoms with Crippen molar-refractivity contribution in [3.05, 3.63) is 156 Å². The van der Waals surface area contributed by atoms with E-state index in [4.69, 9.17) is 9.97 Å². The zero-order valence-corrected chi connectivity index (χ0v) is 29.5. The van der Waals surface area contributed by atoms with Gasteiger partial charge in [0.25, 0.3) is 0 Å². The Hall–Kier alpha value is -5.05. The van der Waals surface area contributed by atoms with Crippen molar-refractivity contribution in [1.29, 1.82) is 0 Å². The Morgan fingerprint density at radius 2 is 1.38 bits per heavy atom. The second-order valence-corrected chi connectivity index (χ2v) is 13.0. The summed E-state index contributed by atoms with van der Waals surface area (Å²) in [5, 5.41) is 11.6. The first kappa shape index (κ1) is 31.5. The van der Waals surface area contributed by atoms with Crippen LogP contribution in [0.5, 0.6) is 5.75 Å². The second kappa shape index (κ2) is 12.2. The molecule has 3 heterocycles. The Kier molecular flexibility index (Phi) is 8.01. The van der Waals surface area contributed by atoms with Crippen molar-refractivity contribution in [1.82, 2.24) is 9.97 Å². The van der Waals surface area contributed by atoms with Gasteiger partial charge in [0.1, 0.15) is 17.1 Å². The van der Waals surface area contributed by atoms with E-state index in [-0.39, 0.29) is 32.2 Å². The Labute approximate surface area is 296 Å². The number of pyridine rings is 2. The van der Waals surface area contributed by atoms with Gasteiger partial charge in [0.15, 0.2) is 0 Å². The molecule has 0 unspecified atom stereocenters. The fraction of sp³-hybridized carbons (Fsp3) is 0.116. The van der Waals surface area contributed by atoms with E-state index in [1.165, 1.54) is 16.7 Å². The predicted molar refractivity (Wildman–Crippen MR) is 193 cm³/mol. The molecule has 5 aromatic carbocycles. The molecule has 1 aliphatic rings. The molecule has 0 spiro atoms. The van der Waals surface area contributed by atoms with Crippen LogP contribution in [0.25, 0.3) is 44.4 Å². The van der Waals surface area contributed by atoms with Crippen molar-refractivity contribution in [2.45, 2.75) is 33.1 Å². The minimum atomic E-state index is -0.290. The average Bonchev–Trinajstić information content (AvgIpc) is 3.10. The molecule has 2 aromatic heterocycles.